The number of hydrogen-bond donors (Lipinski definition) is 2. The summed E-state index contributed by atoms with van der Waals surface area (Å²) in [6.07, 6.45) is 4.96. The van der Waals surface area contributed by atoms with Crippen molar-refractivity contribution in [3.8, 4) is 5.82 Å². The lowest BCUT2D eigenvalue weighted by Crippen LogP contribution is -2.14. The van der Waals surface area contributed by atoms with Crippen LogP contribution in [0.4, 0.5) is 5.69 Å². The van der Waals surface area contributed by atoms with Gasteiger partial charge in [-0.15, -0.1) is 10.2 Å². The summed E-state index contributed by atoms with van der Waals surface area (Å²) in [7, 11) is 0. The average molecular weight is 256 g/mol. The van der Waals surface area contributed by atoms with Crippen LogP contribution in [0.25, 0.3) is 5.82 Å². The zero-order valence-corrected chi connectivity index (χ0v) is 9.56. The minimum absolute atomic E-state index is 0.0313. The Hall–Kier alpha value is -3.10. The van der Waals surface area contributed by atoms with Crippen LogP contribution in [-0.4, -0.2) is 41.3 Å². The Bertz CT molecular complexity index is 658. The van der Waals surface area contributed by atoms with Crippen LogP contribution >= 0.6 is 0 Å². The highest BCUT2D eigenvalue weighted by Gasteiger charge is 2.10. The highest BCUT2D eigenvalue weighted by Crippen LogP contribution is 2.09. The first-order chi connectivity index (χ1) is 9.33. The Morgan fingerprint density at radius 3 is 2.95 bits per heavy atom. The van der Waals surface area contributed by atoms with Gasteiger partial charge in [0.05, 0.1) is 11.9 Å². The third kappa shape index (κ3) is 2.29. The van der Waals surface area contributed by atoms with Gasteiger partial charge in [-0.25, -0.2) is 9.67 Å². The molecule has 0 spiro atoms. The van der Waals surface area contributed by atoms with Crippen molar-refractivity contribution < 1.29 is 4.79 Å². The molecule has 0 bridgehead atoms. The molecule has 9 heteroatoms. The first-order valence-electron chi connectivity index (χ1n) is 5.34. The lowest BCUT2D eigenvalue weighted by atomic mass is 10.4. The monoisotopic (exact) mass is 256 g/mol. The lowest BCUT2D eigenvalue weighted by molar-refractivity contribution is 0.101. The number of amides is 1. The van der Waals surface area contributed by atoms with Crippen molar-refractivity contribution in [2.24, 2.45) is 0 Å². The van der Waals surface area contributed by atoms with E-state index < -0.39 is 5.91 Å². The predicted molar refractivity (Wildman–Crippen MR) is 63.5 cm³/mol. The molecule has 2 N–H and O–H groups in total. The predicted octanol–water partition coefficient (Wildman–Crippen LogP) is 0.0327. The number of nitrogens with one attached hydrogen (secondary N) is 2. The van der Waals surface area contributed by atoms with Crippen LogP contribution in [0.5, 0.6) is 0 Å². The molecule has 3 heterocycles. The number of nitrogens with zero attached hydrogens (tertiary/aromatic N) is 6. The van der Waals surface area contributed by atoms with E-state index in [1.807, 2.05) is 0 Å². The van der Waals surface area contributed by atoms with Gasteiger partial charge in [0.15, 0.2) is 5.82 Å². The molecule has 9 nitrogen and oxygen atoms in total. The Kier molecular flexibility index (Phi) is 2.69. The summed E-state index contributed by atoms with van der Waals surface area (Å²) in [5.41, 5.74) is 0.533. The molecule has 0 aliphatic carbocycles. The fraction of sp³-hybridized carbons (Fsp3) is 0. The van der Waals surface area contributed by atoms with Crippen LogP contribution in [0.2, 0.25) is 0 Å². The SMILES string of the molecule is O=C(Nc1ccc(-n2cccn2)nc1)c1nn[nH]n1. The molecule has 94 valence electrons. The summed E-state index contributed by atoms with van der Waals surface area (Å²) in [5, 5.41) is 19.3. The van der Waals surface area contributed by atoms with Crippen LogP contribution in [-0.2, 0) is 0 Å². The fourth-order valence-corrected chi connectivity index (χ4v) is 1.44. The number of carbonyl (C=O) groups is 1. The largest absolute Gasteiger partial charge is 0.318 e. The van der Waals surface area contributed by atoms with E-state index >= 15 is 0 Å². The van der Waals surface area contributed by atoms with Crippen molar-refractivity contribution in [1.29, 1.82) is 0 Å². The maximum Gasteiger partial charge on any atom is 0.297 e. The van der Waals surface area contributed by atoms with Gasteiger partial charge in [0.25, 0.3) is 11.7 Å². The number of hydrogen-bond acceptors (Lipinski definition) is 6. The molecular formula is C10H8N8O. The third-order valence-corrected chi connectivity index (χ3v) is 2.29. The number of rotatable bonds is 3. The van der Waals surface area contributed by atoms with Crippen LogP contribution < -0.4 is 5.32 Å². The molecule has 0 aliphatic heterocycles. The van der Waals surface area contributed by atoms with Crippen LogP contribution in [0.15, 0.2) is 36.8 Å². The minimum Gasteiger partial charge on any atom is -0.318 e. The Balaban J connectivity index is 1.75. The number of aromatic nitrogens is 7. The van der Waals surface area contributed by atoms with Crippen LogP contribution in [0.1, 0.15) is 10.6 Å². The van der Waals surface area contributed by atoms with E-state index in [1.165, 1.54) is 6.20 Å². The van der Waals surface area contributed by atoms with Crippen molar-refractivity contribution in [3.05, 3.63) is 42.6 Å². The molecule has 0 fully saturated rings. The number of H-pyrrole nitrogens is 1. The molecule has 19 heavy (non-hydrogen) atoms. The highest BCUT2D eigenvalue weighted by molar-refractivity contribution is 6.01. The lowest BCUT2D eigenvalue weighted by Gasteiger charge is -2.03. The van der Waals surface area contributed by atoms with E-state index in [0.29, 0.717) is 11.5 Å². The molecule has 0 atom stereocenters. The average Bonchev–Trinajstić information content (AvgIpc) is 3.13. The number of tetrazole rings is 1. The van der Waals surface area contributed by atoms with E-state index in [9.17, 15) is 4.79 Å². The Morgan fingerprint density at radius 1 is 1.37 bits per heavy atom. The van der Waals surface area contributed by atoms with E-state index in [1.54, 1.807) is 35.3 Å². The normalized spacial score (nSPS) is 10.3. The second-order valence-electron chi connectivity index (χ2n) is 3.55. The molecule has 0 saturated carbocycles. The molecule has 1 amide bonds. The van der Waals surface area contributed by atoms with Gasteiger partial charge >= 0.3 is 0 Å². The van der Waals surface area contributed by atoms with Gasteiger partial charge in [-0.1, -0.05) is 0 Å². The maximum absolute atomic E-state index is 11.6. The Labute approximate surface area is 106 Å². The van der Waals surface area contributed by atoms with Gasteiger partial charge < -0.3 is 5.32 Å². The van der Waals surface area contributed by atoms with Crippen molar-refractivity contribution in [2.45, 2.75) is 0 Å². The fourth-order valence-electron chi connectivity index (χ4n) is 1.44. The standard InChI is InChI=1S/C10H8N8O/c19-10(9-14-16-17-15-9)13-7-2-3-8(11-6-7)18-5-1-4-12-18/h1-6H,(H,13,19)(H,14,15,16,17). The molecule has 3 aromatic heterocycles. The van der Waals surface area contributed by atoms with Gasteiger partial charge in [-0.3, -0.25) is 4.79 Å². The molecule has 0 saturated heterocycles. The summed E-state index contributed by atoms with van der Waals surface area (Å²) >= 11 is 0. The number of carbonyl (C=O) groups excluding carboxylic acids is 1. The quantitative estimate of drug-likeness (QED) is 0.683. The molecule has 3 rings (SSSR count). The zero-order valence-electron chi connectivity index (χ0n) is 9.56. The summed E-state index contributed by atoms with van der Waals surface area (Å²) in [6.45, 7) is 0. The van der Waals surface area contributed by atoms with Gasteiger partial charge in [-0.2, -0.15) is 10.3 Å². The van der Waals surface area contributed by atoms with Crippen LogP contribution in [0, 0.1) is 0 Å². The smallest absolute Gasteiger partial charge is 0.297 e. The van der Waals surface area contributed by atoms with Gasteiger partial charge in [-0.05, 0) is 23.4 Å². The van der Waals surface area contributed by atoms with E-state index in [2.05, 4.69) is 36.0 Å². The molecular weight excluding hydrogens is 248 g/mol. The summed E-state index contributed by atoms with van der Waals surface area (Å²) in [5.74, 6) is 0.168. The summed E-state index contributed by atoms with van der Waals surface area (Å²) in [4.78, 5) is 15.8. The van der Waals surface area contributed by atoms with Crippen molar-refractivity contribution in [2.75, 3.05) is 5.32 Å². The van der Waals surface area contributed by atoms with E-state index in [0.717, 1.165) is 0 Å². The Morgan fingerprint density at radius 2 is 2.32 bits per heavy atom. The van der Waals surface area contributed by atoms with Crippen LogP contribution in [0.3, 0.4) is 0 Å². The van der Waals surface area contributed by atoms with E-state index in [-0.39, 0.29) is 5.82 Å². The highest BCUT2D eigenvalue weighted by atomic mass is 16.2. The first kappa shape index (κ1) is 11.0. The molecule has 0 unspecified atom stereocenters. The summed E-state index contributed by atoms with van der Waals surface area (Å²) < 4.78 is 1.62. The van der Waals surface area contributed by atoms with E-state index in [4.69, 9.17) is 0 Å². The second kappa shape index (κ2) is 4.64. The van der Waals surface area contributed by atoms with Gasteiger partial charge in [0.2, 0.25) is 0 Å². The first-order valence-corrected chi connectivity index (χ1v) is 5.34. The molecule has 0 aliphatic rings. The van der Waals surface area contributed by atoms with Crippen molar-refractivity contribution in [1.82, 2.24) is 35.4 Å². The second-order valence-corrected chi connectivity index (χ2v) is 3.55. The van der Waals surface area contributed by atoms with Crippen molar-refractivity contribution >= 4 is 11.6 Å². The minimum atomic E-state index is -0.456. The van der Waals surface area contributed by atoms with Crippen molar-refractivity contribution in [3.63, 3.8) is 0 Å². The zero-order chi connectivity index (χ0) is 13.1. The summed E-state index contributed by atoms with van der Waals surface area (Å²) in [6, 6.07) is 5.24. The molecule has 0 aromatic carbocycles. The number of aromatic amines is 1. The topological polar surface area (TPSA) is 114 Å². The van der Waals surface area contributed by atoms with Gasteiger partial charge in [0, 0.05) is 12.4 Å². The number of pyridine rings is 1. The maximum atomic E-state index is 11.6. The molecule has 0 radical (unpaired) electrons. The third-order valence-electron chi connectivity index (χ3n) is 2.29. The van der Waals surface area contributed by atoms with Gasteiger partial charge in [0.1, 0.15) is 0 Å². The number of anilines is 1. The molecule has 3 aromatic rings.